The lowest BCUT2D eigenvalue weighted by atomic mass is 10.0. The average Bonchev–Trinajstić information content (AvgIpc) is 2.85. The van der Waals surface area contributed by atoms with Crippen LogP contribution in [0.5, 0.6) is 5.75 Å². The molecule has 1 amide bonds. The van der Waals surface area contributed by atoms with Crippen LogP contribution in [-0.4, -0.2) is 45.8 Å². The topological polar surface area (TPSA) is 100 Å². The molecule has 38 heavy (non-hydrogen) atoms. The number of aromatic nitrogens is 2. The van der Waals surface area contributed by atoms with Crippen molar-refractivity contribution in [1.82, 2.24) is 14.9 Å². The number of amides is 1. The molecule has 0 aliphatic carbocycles. The number of carbonyl (C=O) groups excluding carboxylic acids is 1. The fourth-order valence-corrected chi connectivity index (χ4v) is 4.05. The van der Waals surface area contributed by atoms with E-state index in [0.29, 0.717) is 47.1 Å². The van der Waals surface area contributed by atoms with Crippen LogP contribution in [0.2, 0.25) is 0 Å². The predicted octanol–water partition coefficient (Wildman–Crippen LogP) is 6.05. The molecule has 4 aromatic rings. The van der Waals surface area contributed by atoms with Gasteiger partial charge in [-0.2, -0.15) is 5.26 Å². The van der Waals surface area contributed by atoms with Crippen LogP contribution in [0.3, 0.4) is 0 Å². The van der Waals surface area contributed by atoms with E-state index < -0.39 is 17.5 Å². The Balaban J connectivity index is 1.40. The van der Waals surface area contributed by atoms with Crippen LogP contribution in [0, 0.1) is 17.1 Å². The predicted molar refractivity (Wildman–Crippen MR) is 142 cm³/mol. The minimum atomic E-state index is -0.606. The summed E-state index contributed by atoms with van der Waals surface area (Å²) >= 11 is 0. The van der Waals surface area contributed by atoms with Gasteiger partial charge in [-0.25, -0.2) is 19.2 Å². The number of halogens is 1. The van der Waals surface area contributed by atoms with Crippen LogP contribution in [-0.2, 0) is 4.74 Å². The Labute approximate surface area is 219 Å². The van der Waals surface area contributed by atoms with E-state index >= 15 is 0 Å². The van der Waals surface area contributed by atoms with E-state index in [1.54, 1.807) is 17.2 Å². The normalized spacial score (nSPS) is 13.5. The number of hydrogen-bond donors (Lipinski definition) is 1. The molecule has 0 bridgehead atoms. The maximum atomic E-state index is 14.4. The number of carbonyl (C=O) groups is 1. The van der Waals surface area contributed by atoms with Gasteiger partial charge in [0.2, 0.25) is 0 Å². The summed E-state index contributed by atoms with van der Waals surface area (Å²) in [4.78, 5) is 22.8. The number of fused-ring (bicyclic) bond motifs is 1. The van der Waals surface area contributed by atoms with Gasteiger partial charge >= 0.3 is 6.09 Å². The van der Waals surface area contributed by atoms with Crippen molar-refractivity contribution in [2.75, 3.05) is 18.4 Å². The number of nitrogens with zero attached hydrogens (tertiary/aromatic N) is 4. The fraction of sp³-hybridized carbons (Fsp3) is 0.241. The molecule has 8 nitrogen and oxygen atoms in total. The van der Waals surface area contributed by atoms with Crippen molar-refractivity contribution in [2.24, 2.45) is 0 Å². The second-order valence-corrected chi connectivity index (χ2v) is 10.0. The molecule has 0 saturated carbocycles. The van der Waals surface area contributed by atoms with E-state index in [0.717, 1.165) is 5.39 Å². The molecule has 1 fully saturated rings. The van der Waals surface area contributed by atoms with E-state index in [1.165, 1.54) is 12.1 Å². The van der Waals surface area contributed by atoms with Gasteiger partial charge in [-0.15, -0.1) is 0 Å². The summed E-state index contributed by atoms with van der Waals surface area (Å²) in [5.41, 5.74) is 1.95. The lowest BCUT2D eigenvalue weighted by molar-refractivity contribution is -0.0219. The van der Waals surface area contributed by atoms with Crippen molar-refractivity contribution < 1.29 is 18.7 Å². The molecular formula is C29H26FN5O3. The smallest absolute Gasteiger partial charge is 0.410 e. The molecule has 3 heterocycles. The molecule has 0 unspecified atom stereocenters. The van der Waals surface area contributed by atoms with Gasteiger partial charge in [0.1, 0.15) is 35.2 Å². The molecule has 0 spiro atoms. The number of benzene rings is 2. The molecule has 1 saturated heterocycles. The summed E-state index contributed by atoms with van der Waals surface area (Å²) in [6, 6.07) is 19.4. The fourth-order valence-electron chi connectivity index (χ4n) is 4.05. The van der Waals surface area contributed by atoms with Crippen LogP contribution >= 0.6 is 0 Å². The number of rotatable bonds is 5. The highest BCUT2D eigenvalue weighted by molar-refractivity contribution is 5.79. The van der Waals surface area contributed by atoms with Gasteiger partial charge in [0.15, 0.2) is 5.65 Å². The first-order valence-corrected chi connectivity index (χ1v) is 12.2. The maximum Gasteiger partial charge on any atom is 0.410 e. The summed E-state index contributed by atoms with van der Waals surface area (Å²) in [7, 11) is 0. The number of hydrogen-bond acceptors (Lipinski definition) is 7. The van der Waals surface area contributed by atoms with Gasteiger partial charge in [-0.1, -0.05) is 6.07 Å². The highest BCUT2D eigenvalue weighted by Crippen LogP contribution is 2.36. The molecule has 192 valence electrons. The third-order valence-electron chi connectivity index (χ3n) is 5.91. The minimum Gasteiger partial charge on any atom is -0.486 e. The van der Waals surface area contributed by atoms with Crippen LogP contribution < -0.4 is 10.1 Å². The van der Waals surface area contributed by atoms with E-state index in [1.807, 2.05) is 69.3 Å². The Bertz CT molecular complexity index is 1550. The highest BCUT2D eigenvalue weighted by Gasteiger charge is 2.35. The molecule has 1 N–H and O–H groups in total. The van der Waals surface area contributed by atoms with Crippen molar-refractivity contribution in [2.45, 2.75) is 32.5 Å². The van der Waals surface area contributed by atoms with Crippen molar-refractivity contribution in [3.05, 3.63) is 78.2 Å². The highest BCUT2D eigenvalue weighted by atomic mass is 19.1. The summed E-state index contributed by atoms with van der Waals surface area (Å²) < 4.78 is 26.1. The zero-order valence-corrected chi connectivity index (χ0v) is 21.2. The van der Waals surface area contributed by atoms with Crippen molar-refractivity contribution in [3.63, 3.8) is 0 Å². The summed E-state index contributed by atoms with van der Waals surface area (Å²) in [6.07, 6.45) is 1.04. The second-order valence-electron chi connectivity index (χ2n) is 10.0. The molecule has 5 rings (SSSR count). The zero-order chi connectivity index (χ0) is 26.9. The molecule has 1 aliphatic rings. The Kier molecular flexibility index (Phi) is 6.55. The van der Waals surface area contributed by atoms with E-state index in [4.69, 9.17) is 14.7 Å². The molecule has 0 atom stereocenters. The summed E-state index contributed by atoms with van der Waals surface area (Å²) in [6.45, 7) is 6.19. The van der Waals surface area contributed by atoms with Crippen LogP contribution in [0.4, 0.5) is 20.7 Å². The first-order chi connectivity index (χ1) is 18.2. The second kappa shape index (κ2) is 9.98. The van der Waals surface area contributed by atoms with Crippen molar-refractivity contribution in [1.29, 1.82) is 5.26 Å². The molecule has 1 aliphatic heterocycles. The Hall–Kier alpha value is -4.71. The monoisotopic (exact) mass is 511 g/mol. The number of ether oxygens (including phenoxy) is 2. The van der Waals surface area contributed by atoms with Gasteiger partial charge in [-0.05, 0) is 74.9 Å². The first-order valence-electron chi connectivity index (χ1n) is 12.2. The van der Waals surface area contributed by atoms with E-state index in [9.17, 15) is 9.18 Å². The number of likely N-dealkylation sites (tertiary alicyclic amines) is 1. The Morgan fingerprint density at radius 3 is 2.68 bits per heavy atom. The largest absolute Gasteiger partial charge is 0.486 e. The first kappa shape index (κ1) is 25.0. The standard InChI is InChI=1S/C29H26FN5O3/c1-29(2,3)38-28(36)35-16-22(17-35)37-25-14-21(33-26-11-8-18-5-4-12-32-27(18)34-26)9-10-23(25)19-6-7-20(15-31)24(30)13-19/h4-14,22H,16-17H2,1-3H3,(H,32,33,34). The van der Waals surface area contributed by atoms with Gasteiger partial charge in [-0.3, -0.25) is 0 Å². The quantitative estimate of drug-likeness (QED) is 0.348. The van der Waals surface area contributed by atoms with E-state index in [2.05, 4.69) is 15.3 Å². The van der Waals surface area contributed by atoms with Crippen molar-refractivity contribution in [3.8, 4) is 22.9 Å². The number of nitriles is 1. The van der Waals surface area contributed by atoms with Crippen LogP contribution in [0.15, 0.2) is 66.9 Å². The van der Waals surface area contributed by atoms with Gasteiger partial charge in [0, 0.05) is 28.9 Å². The van der Waals surface area contributed by atoms with Gasteiger partial charge < -0.3 is 19.7 Å². The average molecular weight is 512 g/mol. The molecule has 2 aromatic heterocycles. The lowest BCUT2D eigenvalue weighted by Crippen LogP contribution is -2.57. The number of nitrogens with one attached hydrogen (secondary N) is 1. The number of pyridine rings is 2. The molecule has 2 aromatic carbocycles. The molecule has 0 radical (unpaired) electrons. The van der Waals surface area contributed by atoms with Crippen molar-refractivity contribution >= 4 is 28.6 Å². The third kappa shape index (κ3) is 5.49. The zero-order valence-electron chi connectivity index (χ0n) is 21.2. The SMILES string of the molecule is CC(C)(C)OC(=O)N1CC(Oc2cc(Nc3ccc4cccnc4n3)ccc2-c2ccc(C#N)c(F)c2)C1. The molecular weight excluding hydrogens is 485 g/mol. The molecule has 9 heteroatoms. The van der Waals surface area contributed by atoms with Crippen LogP contribution in [0.25, 0.3) is 22.2 Å². The Morgan fingerprint density at radius 1 is 1.13 bits per heavy atom. The van der Waals surface area contributed by atoms with Gasteiger partial charge in [0.05, 0.1) is 18.7 Å². The van der Waals surface area contributed by atoms with E-state index in [-0.39, 0.29) is 11.7 Å². The summed E-state index contributed by atoms with van der Waals surface area (Å²) in [5, 5.41) is 13.3. The van der Waals surface area contributed by atoms with Gasteiger partial charge in [0.25, 0.3) is 0 Å². The third-order valence-corrected chi connectivity index (χ3v) is 5.91. The summed E-state index contributed by atoms with van der Waals surface area (Å²) in [5.74, 6) is 0.511. The maximum absolute atomic E-state index is 14.4. The number of anilines is 2. The van der Waals surface area contributed by atoms with Crippen LogP contribution in [0.1, 0.15) is 26.3 Å². The lowest BCUT2D eigenvalue weighted by Gasteiger charge is -2.39. The minimum absolute atomic E-state index is 0.0301. The Morgan fingerprint density at radius 2 is 1.95 bits per heavy atom.